The van der Waals surface area contributed by atoms with Gasteiger partial charge in [-0.15, -0.1) is 0 Å². The zero-order valence-corrected chi connectivity index (χ0v) is 64.9. The summed E-state index contributed by atoms with van der Waals surface area (Å²) in [5.74, 6) is -13.1. The molecule has 0 aliphatic carbocycles. The Bertz CT molecular complexity index is 2140. The number of ether oxygens (including phenoxy) is 6. The van der Waals surface area contributed by atoms with E-state index in [-0.39, 0.29) is 134 Å². The summed E-state index contributed by atoms with van der Waals surface area (Å²) in [6.07, 6.45) is 9.95. The second kappa shape index (κ2) is 56.0. The monoisotopic (exact) mass is 1410 g/mol. The van der Waals surface area contributed by atoms with Gasteiger partial charge < -0.3 is 99.6 Å². The number of hydrogen-bond acceptors (Lipinski definition) is 26. The van der Waals surface area contributed by atoms with Gasteiger partial charge in [0.15, 0.2) is 6.10 Å². The Balaban J connectivity index is 0. The number of aliphatic hydroxyl groups excluding tert-OH is 7. The van der Waals surface area contributed by atoms with E-state index in [9.17, 15) is 84.8 Å². The molecule has 14 atom stereocenters. The Labute approximate surface area is 629 Å². The Kier molecular flexibility index (Phi) is 56.9. The van der Waals surface area contributed by atoms with Crippen molar-refractivity contribution in [3.05, 3.63) is 0 Å². The minimum atomic E-state index is -4.74. The minimum absolute atomic E-state index is 0. The summed E-state index contributed by atoms with van der Waals surface area (Å²) in [4.78, 5) is 69.3. The molecule has 2 fully saturated rings. The molecule has 32 heteroatoms. The maximum atomic E-state index is 13.0. The number of hydrogen-bond donors (Lipinski definition) is 10. The fourth-order valence-corrected chi connectivity index (χ4v) is 11.8. The molecule has 2 heterocycles. The molecule has 538 valence electrons. The molecule has 0 amide bonds. The Morgan fingerprint density at radius 1 is 0.579 bits per heavy atom. The van der Waals surface area contributed by atoms with Crippen molar-refractivity contribution in [2.45, 2.75) is 312 Å². The fourth-order valence-electron chi connectivity index (χ4n) is 11.1. The molecular formula is C63H113N3Na3O25P. The number of aliphatic carboxylic acids is 2. The van der Waals surface area contributed by atoms with E-state index in [0.717, 1.165) is 65.2 Å². The van der Waals surface area contributed by atoms with E-state index in [4.69, 9.17) is 37.5 Å². The molecule has 2 aliphatic heterocycles. The standard InChI is InChI=1S/C63H116N3O25P.3Na/c1-5-7-9-11-13-15-17-19-21-23-25-27-29-33-52(74)84-43-47(88-53(75)34-30-28-26-24-22-20-18-16-14-12-10-8-6-2)44-87-92(82,83)86-38-36-64-35-31-32-37-85-62(60(78)79)39-48(71)55(66-46(4)70)59(90-62)57(77)51(42-68)89-63(61(80)81)40-49(72)54(65-45(3)69)58(91-63)56(76)50(73)41-67;;;/h47-51,54-59,64,67-68,71-73,76-77H,5-44H2,1-4H3,(H,65,69)(H,66,70)(H,78,79)(H,80,81)(H,82,83);;;/q;3*+1/p-3/t47-,48+,49+,50-,51-,54-,55-,56-,57-,58-,59-,62-,63-;;;/m1.../s1. The number of phosphoric ester groups is 1. The second-order valence-electron chi connectivity index (χ2n) is 24.3. The number of carbonyl (C=O) groups is 4. The Morgan fingerprint density at radius 2 is 1.01 bits per heavy atom. The van der Waals surface area contributed by atoms with Crippen LogP contribution in [0.5, 0.6) is 0 Å². The van der Waals surface area contributed by atoms with E-state index in [1.54, 1.807) is 0 Å². The van der Waals surface area contributed by atoms with Crippen molar-refractivity contribution in [1.29, 1.82) is 0 Å². The normalized spacial score (nSPS) is 23.7. The fraction of sp³-hybridized carbons (Fsp3) is 0.905. The summed E-state index contributed by atoms with van der Waals surface area (Å²) >= 11 is 0. The van der Waals surface area contributed by atoms with Crippen LogP contribution in [-0.2, 0) is 61.2 Å². The maximum Gasteiger partial charge on any atom is 1.00 e. The van der Waals surface area contributed by atoms with Crippen molar-refractivity contribution in [3.63, 3.8) is 0 Å². The van der Waals surface area contributed by atoms with Gasteiger partial charge in [0.2, 0.25) is 5.79 Å². The molecule has 2 aliphatic rings. The predicted molar refractivity (Wildman–Crippen MR) is 331 cm³/mol. The summed E-state index contributed by atoms with van der Waals surface area (Å²) in [5.41, 5.74) is 0. The van der Waals surface area contributed by atoms with Gasteiger partial charge in [-0.1, -0.05) is 168 Å². The number of aliphatic hydroxyl groups is 7. The van der Waals surface area contributed by atoms with Gasteiger partial charge in [-0.25, -0.2) is 9.36 Å². The van der Waals surface area contributed by atoms with Crippen molar-refractivity contribution in [1.82, 2.24) is 5.32 Å². The van der Waals surface area contributed by atoms with Gasteiger partial charge in [0.05, 0.1) is 45.2 Å². The first kappa shape index (κ1) is 96.5. The SMILES string of the molecule is CCCCCCCCCCCCCCCC(=O)OC[C@H](COP(=O)(O)OCCNCCCCO[C@]1(C(=O)[O-])C[C@H](O)[C@@H](N=C(C)[O-])[C@H]([C@H](O)[C@@H](CO)O[C@]2(C(=O)O)C[C@H](O)[C@@H](N=C(C)[O-])[C@H]([C@H](O)[C@H](O)CO)O2)O1)OC(=O)CCCCCCCCCCCCCCC.[Na+].[Na+].[Na+]. The molecule has 95 heavy (non-hydrogen) atoms. The van der Waals surface area contributed by atoms with E-state index in [1.165, 1.54) is 103 Å². The van der Waals surface area contributed by atoms with Crippen LogP contribution in [0, 0.1) is 0 Å². The molecule has 1 unspecified atom stereocenters. The quantitative estimate of drug-likeness (QED) is 0.00677. The molecule has 0 bridgehead atoms. The van der Waals surface area contributed by atoms with E-state index in [0.29, 0.717) is 12.8 Å². The molecule has 0 aromatic heterocycles. The third-order valence-electron chi connectivity index (χ3n) is 16.3. The van der Waals surface area contributed by atoms with Gasteiger partial charge >= 0.3 is 114 Å². The van der Waals surface area contributed by atoms with Gasteiger partial charge in [0, 0.05) is 32.2 Å². The van der Waals surface area contributed by atoms with Gasteiger partial charge in [0.1, 0.15) is 61.3 Å². The van der Waals surface area contributed by atoms with Crippen molar-refractivity contribution >= 4 is 43.5 Å². The van der Waals surface area contributed by atoms with Gasteiger partial charge in [-0.05, 0) is 57.9 Å². The minimum Gasteiger partial charge on any atom is -0.862 e. The zero-order chi connectivity index (χ0) is 68.4. The van der Waals surface area contributed by atoms with Crippen molar-refractivity contribution in [3.8, 4) is 0 Å². The van der Waals surface area contributed by atoms with Gasteiger partial charge in [-0.3, -0.25) is 28.6 Å². The number of esters is 2. The molecule has 0 radical (unpaired) electrons. The molecule has 28 nitrogen and oxygen atoms in total. The number of unbranched alkanes of at least 4 members (excludes halogenated alkanes) is 25. The molecule has 0 saturated carbocycles. The number of nitrogens with zero attached hydrogens (tertiary/aromatic N) is 2. The summed E-state index contributed by atoms with van der Waals surface area (Å²) in [7, 11) is -4.74. The number of carbonyl (C=O) groups excluding carboxylic acids is 3. The molecule has 0 aromatic rings. The van der Waals surface area contributed by atoms with Crippen LogP contribution in [0.4, 0.5) is 0 Å². The molecule has 0 aromatic carbocycles. The van der Waals surface area contributed by atoms with Crippen LogP contribution >= 0.6 is 7.82 Å². The molecule has 2 rings (SSSR count). The molecule has 2 saturated heterocycles. The first-order chi connectivity index (χ1) is 43.9. The largest absolute Gasteiger partial charge is 1.00 e. The summed E-state index contributed by atoms with van der Waals surface area (Å²) in [6, 6.07) is -3.56. The molecular weight excluding hydrogens is 1300 g/mol. The summed E-state index contributed by atoms with van der Waals surface area (Å²) in [5, 5.41) is 125. The van der Waals surface area contributed by atoms with Crippen molar-refractivity contribution in [2.75, 3.05) is 52.7 Å². The number of carboxylic acids is 2. The first-order valence-corrected chi connectivity index (χ1v) is 35.3. The predicted octanol–water partition coefficient (Wildman–Crippen LogP) is -5.79. The van der Waals surface area contributed by atoms with Crippen LogP contribution < -0.4 is 109 Å². The van der Waals surface area contributed by atoms with E-state index in [2.05, 4.69) is 29.1 Å². The zero-order valence-electron chi connectivity index (χ0n) is 58.0. The molecule has 0 spiro atoms. The summed E-state index contributed by atoms with van der Waals surface area (Å²) < 4.78 is 56.8. The average molecular weight is 1410 g/mol. The average Bonchev–Trinajstić information content (AvgIpc) is 0.765. The number of aliphatic imine (C=N–C) groups is 2. The Morgan fingerprint density at radius 3 is 1.44 bits per heavy atom. The number of rotatable bonds is 56. The third kappa shape index (κ3) is 40.2. The van der Waals surface area contributed by atoms with Crippen LogP contribution in [0.3, 0.4) is 0 Å². The number of phosphoric acid groups is 1. The van der Waals surface area contributed by atoms with Crippen LogP contribution in [0.1, 0.15) is 233 Å². The van der Waals surface area contributed by atoms with E-state index >= 15 is 0 Å². The third-order valence-corrected chi connectivity index (χ3v) is 17.2. The van der Waals surface area contributed by atoms with Crippen LogP contribution in [0.15, 0.2) is 9.98 Å². The number of nitrogens with one attached hydrogen (secondary N) is 1. The van der Waals surface area contributed by atoms with Crippen LogP contribution in [0.25, 0.3) is 0 Å². The van der Waals surface area contributed by atoms with E-state index in [1.807, 2.05) is 0 Å². The first-order valence-electron chi connectivity index (χ1n) is 33.8. The van der Waals surface area contributed by atoms with Crippen molar-refractivity contribution in [2.24, 2.45) is 9.98 Å². The second-order valence-corrected chi connectivity index (χ2v) is 25.8. The molecule has 10 N–H and O–H groups in total. The van der Waals surface area contributed by atoms with Gasteiger partial charge in [-0.2, -0.15) is 0 Å². The van der Waals surface area contributed by atoms with Crippen LogP contribution in [-0.4, -0.2) is 213 Å². The number of carboxylic acid groups (broad SMARTS) is 2. The maximum absolute atomic E-state index is 13.0. The topological polar surface area (TPSA) is 447 Å². The van der Waals surface area contributed by atoms with E-state index < -0.39 is 168 Å². The Hall–Kier alpha value is -0.550. The summed E-state index contributed by atoms with van der Waals surface area (Å²) in [6.45, 7) is 2.34. The van der Waals surface area contributed by atoms with Crippen molar-refractivity contribution < 1.29 is 211 Å². The smallest absolute Gasteiger partial charge is 0.862 e. The van der Waals surface area contributed by atoms with Crippen LogP contribution in [0.2, 0.25) is 0 Å². The van der Waals surface area contributed by atoms with Gasteiger partial charge in [0.25, 0.3) is 5.79 Å².